The van der Waals surface area contributed by atoms with Gasteiger partial charge in [0.15, 0.2) is 0 Å². The number of hydrogen-bond acceptors (Lipinski definition) is 3. The molecule has 0 saturated heterocycles. The molecule has 4 nitrogen and oxygen atoms in total. The van der Waals surface area contributed by atoms with E-state index in [0.29, 0.717) is 12.2 Å². The summed E-state index contributed by atoms with van der Waals surface area (Å²) in [6.45, 7) is 0.889. The van der Waals surface area contributed by atoms with Gasteiger partial charge < -0.3 is 10.3 Å². The molecule has 98 valence electrons. The molecule has 3 rings (SSSR count). The van der Waals surface area contributed by atoms with E-state index in [4.69, 9.17) is 0 Å². The van der Waals surface area contributed by atoms with Crippen LogP contribution in [0.25, 0.3) is 0 Å². The first-order chi connectivity index (χ1) is 9.22. The Bertz CT molecular complexity index is 666. The number of nitrogens with one attached hydrogen (secondary N) is 2. The summed E-state index contributed by atoms with van der Waals surface area (Å²) in [6.07, 6.45) is 2.42. The van der Waals surface area contributed by atoms with Gasteiger partial charge in [0.2, 0.25) is 0 Å². The Morgan fingerprint density at radius 1 is 1.37 bits per heavy atom. The Labute approximate surface area is 119 Å². The van der Waals surface area contributed by atoms with Crippen LogP contribution in [0.1, 0.15) is 23.4 Å². The van der Waals surface area contributed by atoms with Crippen LogP contribution in [0.4, 0.5) is 5.82 Å². The van der Waals surface area contributed by atoms with Gasteiger partial charge in [-0.25, -0.2) is 4.98 Å². The molecule has 0 saturated carbocycles. The van der Waals surface area contributed by atoms with E-state index < -0.39 is 0 Å². The summed E-state index contributed by atoms with van der Waals surface area (Å²) in [7, 11) is 0. The second kappa shape index (κ2) is 5.17. The van der Waals surface area contributed by atoms with Gasteiger partial charge in [-0.1, -0.05) is 28.1 Å². The Morgan fingerprint density at radius 3 is 3.11 bits per heavy atom. The average Bonchev–Trinajstić information content (AvgIpc) is 2.39. The van der Waals surface area contributed by atoms with Crippen molar-refractivity contribution < 1.29 is 0 Å². The molecule has 2 aromatic rings. The Balaban J connectivity index is 1.94. The summed E-state index contributed by atoms with van der Waals surface area (Å²) < 4.78 is 1.03. The lowest BCUT2D eigenvalue weighted by molar-refractivity contribution is 0.783. The van der Waals surface area contributed by atoms with Crippen molar-refractivity contribution in [3.8, 4) is 0 Å². The van der Waals surface area contributed by atoms with Gasteiger partial charge in [-0.05, 0) is 30.5 Å². The van der Waals surface area contributed by atoms with Crippen LogP contribution < -0.4 is 10.9 Å². The van der Waals surface area contributed by atoms with Crippen LogP contribution in [-0.4, -0.2) is 16.5 Å². The number of rotatable bonds is 2. The zero-order chi connectivity index (χ0) is 13.2. The molecule has 0 amide bonds. The molecule has 1 aliphatic rings. The maximum Gasteiger partial charge on any atom is 0.256 e. The molecule has 0 aliphatic carbocycles. The maximum atomic E-state index is 12.0. The summed E-state index contributed by atoms with van der Waals surface area (Å²) >= 11 is 3.45. The van der Waals surface area contributed by atoms with Crippen LogP contribution in [0.15, 0.2) is 33.5 Å². The van der Waals surface area contributed by atoms with Crippen molar-refractivity contribution in [2.45, 2.75) is 19.3 Å². The second-order valence-electron chi connectivity index (χ2n) is 4.68. The van der Waals surface area contributed by atoms with Crippen molar-refractivity contribution in [1.29, 1.82) is 0 Å². The molecule has 1 aromatic heterocycles. The van der Waals surface area contributed by atoms with E-state index in [1.54, 1.807) is 0 Å². The highest BCUT2D eigenvalue weighted by atomic mass is 79.9. The molecule has 0 radical (unpaired) electrons. The van der Waals surface area contributed by atoms with Crippen molar-refractivity contribution in [3.05, 3.63) is 56.0 Å². The number of nitrogens with zero attached hydrogens (tertiary/aromatic N) is 1. The quantitative estimate of drug-likeness (QED) is 0.894. The van der Waals surface area contributed by atoms with E-state index in [2.05, 4.69) is 31.2 Å². The minimum Gasteiger partial charge on any atom is -0.370 e. The average molecular weight is 320 g/mol. The van der Waals surface area contributed by atoms with Gasteiger partial charge in [0.25, 0.3) is 5.56 Å². The molecular weight excluding hydrogens is 306 g/mol. The van der Waals surface area contributed by atoms with Crippen LogP contribution >= 0.6 is 15.9 Å². The number of fused-ring (bicyclic) bond motifs is 1. The van der Waals surface area contributed by atoms with E-state index in [1.165, 1.54) is 0 Å². The Morgan fingerprint density at radius 2 is 2.26 bits per heavy atom. The SMILES string of the molecule is O=c1[nH]c(Cc2cccc(Br)c2)nc2c1CCCN2. The molecule has 1 aromatic carbocycles. The highest BCUT2D eigenvalue weighted by Crippen LogP contribution is 2.17. The minimum absolute atomic E-state index is 0.0119. The van der Waals surface area contributed by atoms with Crippen LogP contribution in [0.5, 0.6) is 0 Å². The number of halogens is 1. The fourth-order valence-electron chi connectivity index (χ4n) is 2.32. The third-order valence-corrected chi connectivity index (χ3v) is 3.71. The smallest absolute Gasteiger partial charge is 0.256 e. The molecule has 0 fully saturated rings. The standard InChI is InChI=1S/C14H14BrN3O/c15-10-4-1-3-9(7-10)8-12-17-13-11(14(19)18-12)5-2-6-16-13/h1,3-4,7H,2,5-6,8H2,(H2,16,17,18,19). The first-order valence-corrected chi connectivity index (χ1v) is 7.12. The van der Waals surface area contributed by atoms with Gasteiger partial charge in [0.1, 0.15) is 11.6 Å². The molecule has 5 heteroatoms. The van der Waals surface area contributed by atoms with Crippen molar-refractivity contribution in [1.82, 2.24) is 9.97 Å². The summed E-state index contributed by atoms with van der Waals surface area (Å²) in [5, 5.41) is 3.20. The van der Waals surface area contributed by atoms with Gasteiger partial charge in [-0.15, -0.1) is 0 Å². The normalized spacial score (nSPS) is 13.7. The van der Waals surface area contributed by atoms with E-state index in [0.717, 1.165) is 40.8 Å². The predicted octanol–water partition coefficient (Wildman–Crippen LogP) is 2.48. The molecule has 2 heterocycles. The fourth-order valence-corrected chi connectivity index (χ4v) is 2.77. The molecule has 2 N–H and O–H groups in total. The zero-order valence-electron chi connectivity index (χ0n) is 10.4. The zero-order valence-corrected chi connectivity index (χ0v) is 12.0. The molecule has 0 spiro atoms. The van der Waals surface area contributed by atoms with Gasteiger partial charge in [0, 0.05) is 17.4 Å². The number of aromatic nitrogens is 2. The van der Waals surface area contributed by atoms with E-state index in [9.17, 15) is 4.79 Å². The Kier molecular flexibility index (Phi) is 3.38. The number of benzene rings is 1. The monoisotopic (exact) mass is 319 g/mol. The highest BCUT2D eigenvalue weighted by molar-refractivity contribution is 9.10. The first kappa shape index (κ1) is 12.4. The van der Waals surface area contributed by atoms with E-state index in [-0.39, 0.29) is 5.56 Å². The van der Waals surface area contributed by atoms with Crippen molar-refractivity contribution in [2.75, 3.05) is 11.9 Å². The summed E-state index contributed by atoms with van der Waals surface area (Å²) in [4.78, 5) is 19.4. The molecule has 19 heavy (non-hydrogen) atoms. The molecule has 0 unspecified atom stereocenters. The summed E-state index contributed by atoms with van der Waals surface area (Å²) in [5.74, 6) is 1.45. The molecule has 1 aliphatic heterocycles. The van der Waals surface area contributed by atoms with Gasteiger partial charge >= 0.3 is 0 Å². The lowest BCUT2D eigenvalue weighted by Gasteiger charge is -2.16. The summed E-state index contributed by atoms with van der Waals surface area (Å²) in [5.41, 5.74) is 1.89. The van der Waals surface area contributed by atoms with Gasteiger partial charge in [-0.3, -0.25) is 4.79 Å². The topological polar surface area (TPSA) is 57.8 Å². The first-order valence-electron chi connectivity index (χ1n) is 6.33. The number of anilines is 1. The predicted molar refractivity (Wildman–Crippen MR) is 78.6 cm³/mol. The molecular formula is C14H14BrN3O. The van der Waals surface area contributed by atoms with Crippen LogP contribution in [0.3, 0.4) is 0 Å². The van der Waals surface area contributed by atoms with Crippen molar-refractivity contribution in [2.24, 2.45) is 0 Å². The van der Waals surface area contributed by atoms with Gasteiger partial charge in [0.05, 0.1) is 5.56 Å². The number of H-pyrrole nitrogens is 1. The van der Waals surface area contributed by atoms with Crippen LogP contribution in [-0.2, 0) is 12.8 Å². The lowest BCUT2D eigenvalue weighted by atomic mass is 10.1. The number of hydrogen-bond donors (Lipinski definition) is 2. The lowest BCUT2D eigenvalue weighted by Crippen LogP contribution is -2.25. The third kappa shape index (κ3) is 2.71. The maximum absolute atomic E-state index is 12.0. The van der Waals surface area contributed by atoms with Crippen LogP contribution in [0, 0.1) is 0 Å². The summed E-state index contributed by atoms with van der Waals surface area (Å²) in [6, 6.07) is 8.02. The highest BCUT2D eigenvalue weighted by Gasteiger charge is 2.15. The van der Waals surface area contributed by atoms with Crippen LogP contribution in [0.2, 0.25) is 0 Å². The van der Waals surface area contributed by atoms with E-state index in [1.807, 2.05) is 24.3 Å². The molecule has 0 atom stereocenters. The number of aromatic amines is 1. The van der Waals surface area contributed by atoms with Crippen molar-refractivity contribution in [3.63, 3.8) is 0 Å². The largest absolute Gasteiger partial charge is 0.370 e. The third-order valence-electron chi connectivity index (χ3n) is 3.22. The minimum atomic E-state index is -0.0119. The fraction of sp³-hybridized carbons (Fsp3) is 0.286. The van der Waals surface area contributed by atoms with Gasteiger partial charge in [-0.2, -0.15) is 0 Å². The molecule has 0 bridgehead atoms. The second-order valence-corrected chi connectivity index (χ2v) is 5.59. The van der Waals surface area contributed by atoms with E-state index >= 15 is 0 Å². The van der Waals surface area contributed by atoms with Crippen molar-refractivity contribution >= 4 is 21.7 Å². The Hall–Kier alpha value is -1.62.